The second-order valence-corrected chi connectivity index (χ2v) is 4.05. The molecule has 2 N–H and O–H groups in total. The predicted molar refractivity (Wildman–Crippen MR) is 61.6 cm³/mol. The molecule has 0 spiro atoms. The summed E-state index contributed by atoms with van der Waals surface area (Å²) < 4.78 is 11.3. The van der Waals surface area contributed by atoms with Gasteiger partial charge in [0.2, 0.25) is 0 Å². The summed E-state index contributed by atoms with van der Waals surface area (Å²) in [5, 5.41) is 0. The van der Waals surface area contributed by atoms with E-state index in [1.807, 2.05) is 19.1 Å². The highest BCUT2D eigenvalue weighted by atomic mass is 16.5. The highest BCUT2D eigenvalue weighted by molar-refractivity contribution is 5.32. The van der Waals surface area contributed by atoms with Crippen LogP contribution < -0.4 is 15.2 Å². The van der Waals surface area contributed by atoms with E-state index in [1.165, 1.54) is 0 Å². The molecule has 0 aromatic carbocycles. The first-order chi connectivity index (χ1) is 7.79. The van der Waals surface area contributed by atoms with E-state index in [4.69, 9.17) is 15.2 Å². The summed E-state index contributed by atoms with van der Waals surface area (Å²) >= 11 is 0. The average molecular weight is 222 g/mol. The fourth-order valence-corrected chi connectivity index (χ4v) is 1.97. The van der Waals surface area contributed by atoms with Gasteiger partial charge in [-0.2, -0.15) is 0 Å². The number of nitrogens with two attached hydrogens (primary N) is 1. The number of aromatic nitrogens is 1. The summed E-state index contributed by atoms with van der Waals surface area (Å²) in [6.07, 6.45) is 4.84. The summed E-state index contributed by atoms with van der Waals surface area (Å²) in [4.78, 5) is 4.20. The first-order valence-electron chi connectivity index (χ1n) is 5.79. The molecule has 2 rings (SSSR count). The van der Waals surface area contributed by atoms with Crippen molar-refractivity contribution in [3.05, 3.63) is 18.3 Å². The van der Waals surface area contributed by atoms with E-state index >= 15 is 0 Å². The lowest BCUT2D eigenvalue weighted by atomic mass is 10.3. The van der Waals surface area contributed by atoms with Gasteiger partial charge in [0.1, 0.15) is 6.10 Å². The van der Waals surface area contributed by atoms with Crippen LogP contribution in [0.2, 0.25) is 0 Å². The van der Waals surface area contributed by atoms with Gasteiger partial charge in [0.25, 0.3) is 5.88 Å². The highest BCUT2D eigenvalue weighted by Gasteiger charge is 2.24. The minimum Gasteiger partial charge on any atom is -0.488 e. The van der Waals surface area contributed by atoms with Gasteiger partial charge in [-0.15, -0.1) is 0 Å². The van der Waals surface area contributed by atoms with Crippen LogP contribution in [0.1, 0.15) is 26.2 Å². The van der Waals surface area contributed by atoms with E-state index in [1.54, 1.807) is 6.20 Å². The molecule has 1 saturated carbocycles. The van der Waals surface area contributed by atoms with E-state index in [0.717, 1.165) is 19.3 Å². The fraction of sp³-hybridized carbons (Fsp3) is 0.583. The lowest BCUT2D eigenvalue weighted by molar-refractivity contribution is 0.186. The molecule has 1 heterocycles. The smallest absolute Gasteiger partial charge is 0.257 e. The largest absolute Gasteiger partial charge is 0.488 e. The third-order valence-electron chi connectivity index (χ3n) is 2.74. The normalized spacial score (nSPS) is 24.4. The zero-order valence-corrected chi connectivity index (χ0v) is 9.56. The van der Waals surface area contributed by atoms with Crippen LogP contribution in [0.5, 0.6) is 11.6 Å². The third kappa shape index (κ3) is 2.64. The Bertz CT molecular complexity index is 344. The summed E-state index contributed by atoms with van der Waals surface area (Å²) in [5.41, 5.74) is 5.84. The predicted octanol–water partition coefficient (Wildman–Crippen LogP) is 1.74. The van der Waals surface area contributed by atoms with Gasteiger partial charge in [-0.1, -0.05) is 0 Å². The maximum Gasteiger partial charge on any atom is 0.257 e. The van der Waals surface area contributed by atoms with Gasteiger partial charge in [0.05, 0.1) is 6.61 Å². The van der Waals surface area contributed by atoms with Crippen LogP contribution in [0.25, 0.3) is 0 Å². The Kier molecular flexibility index (Phi) is 3.62. The van der Waals surface area contributed by atoms with Gasteiger partial charge >= 0.3 is 0 Å². The summed E-state index contributed by atoms with van der Waals surface area (Å²) in [6.45, 7) is 2.56. The molecule has 0 radical (unpaired) electrons. The van der Waals surface area contributed by atoms with Crippen LogP contribution in [0, 0.1) is 0 Å². The van der Waals surface area contributed by atoms with Crippen LogP contribution in [0.4, 0.5) is 0 Å². The van der Waals surface area contributed by atoms with Gasteiger partial charge in [-0.25, -0.2) is 4.98 Å². The Morgan fingerprint density at radius 1 is 1.50 bits per heavy atom. The second kappa shape index (κ2) is 5.16. The Morgan fingerprint density at radius 3 is 3.06 bits per heavy atom. The molecule has 0 bridgehead atoms. The Labute approximate surface area is 95.8 Å². The summed E-state index contributed by atoms with van der Waals surface area (Å²) in [5.74, 6) is 1.30. The van der Waals surface area contributed by atoms with E-state index in [2.05, 4.69) is 4.98 Å². The van der Waals surface area contributed by atoms with Crippen molar-refractivity contribution in [2.75, 3.05) is 6.61 Å². The van der Waals surface area contributed by atoms with Crippen molar-refractivity contribution >= 4 is 0 Å². The highest BCUT2D eigenvalue weighted by Crippen LogP contribution is 2.28. The van der Waals surface area contributed by atoms with Crippen molar-refractivity contribution in [1.29, 1.82) is 0 Å². The Hall–Kier alpha value is -1.29. The Morgan fingerprint density at radius 2 is 2.38 bits per heavy atom. The zero-order valence-electron chi connectivity index (χ0n) is 9.56. The molecule has 2 unspecified atom stereocenters. The minimum atomic E-state index is 0.184. The molecule has 4 heteroatoms. The van der Waals surface area contributed by atoms with Crippen molar-refractivity contribution in [2.24, 2.45) is 5.73 Å². The first kappa shape index (κ1) is 11.2. The summed E-state index contributed by atoms with van der Waals surface area (Å²) in [7, 11) is 0. The molecule has 88 valence electrons. The molecule has 1 aliphatic carbocycles. The SMILES string of the molecule is CCOc1cccnc1OC1CCC(N)C1. The standard InChI is InChI=1S/C12H18N2O2/c1-2-15-11-4-3-7-14-12(11)16-10-6-5-9(13)8-10/h3-4,7,9-10H,2,5-6,8,13H2,1H3. The lowest BCUT2D eigenvalue weighted by Crippen LogP contribution is -2.19. The Balaban J connectivity index is 2.02. The molecule has 1 aliphatic rings. The van der Waals surface area contributed by atoms with Gasteiger partial charge in [0, 0.05) is 12.2 Å². The van der Waals surface area contributed by atoms with Gasteiger partial charge < -0.3 is 15.2 Å². The van der Waals surface area contributed by atoms with Crippen molar-refractivity contribution in [1.82, 2.24) is 4.98 Å². The monoisotopic (exact) mass is 222 g/mol. The van der Waals surface area contributed by atoms with E-state index in [0.29, 0.717) is 18.2 Å². The molecule has 16 heavy (non-hydrogen) atoms. The van der Waals surface area contributed by atoms with E-state index < -0.39 is 0 Å². The molecule has 4 nitrogen and oxygen atoms in total. The number of nitrogens with zero attached hydrogens (tertiary/aromatic N) is 1. The van der Waals surface area contributed by atoms with Gasteiger partial charge in [0.15, 0.2) is 5.75 Å². The first-order valence-corrected chi connectivity index (χ1v) is 5.79. The topological polar surface area (TPSA) is 57.4 Å². The number of ether oxygens (including phenoxy) is 2. The second-order valence-electron chi connectivity index (χ2n) is 4.05. The molecule has 1 aromatic heterocycles. The van der Waals surface area contributed by atoms with Crippen LogP contribution >= 0.6 is 0 Å². The lowest BCUT2D eigenvalue weighted by Gasteiger charge is -2.15. The van der Waals surface area contributed by atoms with Crippen molar-refractivity contribution in [3.8, 4) is 11.6 Å². The van der Waals surface area contributed by atoms with Crippen LogP contribution in [0.15, 0.2) is 18.3 Å². The van der Waals surface area contributed by atoms with E-state index in [9.17, 15) is 0 Å². The van der Waals surface area contributed by atoms with Crippen molar-refractivity contribution in [2.45, 2.75) is 38.3 Å². The average Bonchev–Trinajstić information content (AvgIpc) is 2.67. The van der Waals surface area contributed by atoms with Crippen LogP contribution in [0.3, 0.4) is 0 Å². The molecule has 1 fully saturated rings. The van der Waals surface area contributed by atoms with Gasteiger partial charge in [-0.05, 0) is 38.3 Å². The number of hydrogen-bond acceptors (Lipinski definition) is 4. The third-order valence-corrected chi connectivity index (χ3v) is 2.74. The maximum atomic E-state index is 5.84. The zero-order chi connectivity index (χ0) is 11.4. The molecule has 0 amide bonds. The molecule has 0 aliphatic heterocycles. The fourth-order valence-electron chi connectivity index (χ4n) is 1.97. The van der Waals surface area contributed by atoms with Crippen molar-refractivity contribution < 1.29 is 9.47 Å². The van der Waals surface area contributed by atoms with Crippen LogP contribution in [-0.2, 0) is 0 Å². The van der Waals surface area contributed by atoms with Crippen molar-refractivity contribution in [3.63, 3.8) is 0 Å². The maximum absolute atomic E-state index is 5.84. The molecular formula is C12H18N2O2. The molecular weight excluding hydrogens is 204 g/mol. The number of pyridine rings is 1. The van der Waals surface area contributed by atoms with Gasteiger partial charge in [-0.3, -0.25) is 0 Å². The molecule has 0 saturated heterocycles. The molecule has 1 aromatic rings. The number of hydrogen-bond donors (Lipinski definition) is 1. The van der Waals surface area contributed by atoms with E-state index in [-0.39, 0.29) is 12.1 Å². The number of rotatable bonds is 4. The van der Waals surface area contributed by atoms with Crippen LogP contribution in [-0.4, -0.2) is 23.7 Å². The summed E-state index contributed by atoms with van der Waals surface area (Å²) in [6, 6.07) is 3.99. The quantitative estimate of drug-likeness (QED) is 0.843. The molecule has 2 atom stereocenters. The minimum absolute atomic E-state index is 0.184.